The molecule has 0 saturated carbocycles. The van der Waals surface area contributed by atoms with E-state index in [0.717, 1.165) is 6.42 Å². The maximum Gasteiger partial charge on any atom is 0.251 e. The van der Waals surface area contributed by atoms with Crippen molar-refractivity contribution in [3.05, 3.63) is 0 Å². The first-order chi connectivity index (χ1) is 34.8. The molecule has 0 aliphatic carbocycles. The van der Waals surface area contributed by atoms with E-state index in [9.17, 15) is 73.2 Å². The summed E-state index contributed by atoms with van der Waals surface area (Å²) in [6, 6.07) is -5.80. The highest BCUT2D eigenvalue weighted by Gasteiger charge is 2.25. The van der Waals surface area contributed by atoms with E-state index in [1.54, 1.807) is 7.05 Å². The lowest BCUT2D eigenvalue weighted by molar-refractivity contribution is -0.135. The molecule has 0 saturated heterocycles. The molecular formula is C45H83N13O15. The zero-order chi connectivity index (χ0) is 55.1. The largest absolute Gasteiger partial charge is 0.394 e. The number of carbonyl (C=O) groups excluding carboxylic acids is 11. The Bertz CT molecular complexity index is 1750. The highest BCUT2D eigenvalue weighted by atomic mass is 16.3. The summed E-state index contributed by atoms with van der Waals surface area (Å²) in [6.45, 7) is 0.0743. The fourth-order valence-electron chi connectivity index (χ4n) is 6.93. The molecule has 10 amide bonds. The van der Waals surface area contributed by atoms with E-state index >= 15 is 0 Å². The number of ketones is 1. The van der Waals surface area contributed by atoms with Crippen LogP contribution in [0.2, 0.25) is 0 Å². The van der Waals surface area contributed by atoms with Gasteiger partial charge in [-0.2, -0.15) is 0 Å². The molecule has 0 spiro atoms. The average Bonchev–Trinajstić information content (AvgIpc) is 3.36. The minimum Gasteiger partial charge on any atom is -0.394 e. The third-order valence-corrected chi connectivity index (χ3v) is 11.5. The third-order valence-electron chi connectivity index (χ3n) is 11.5. The lowest BCUT2D eigenvalue weighted by Gasteiger charge is -2.19. The van der Waals surface area contributed by atoms with Gasteiger partial charge in [0.2, 0.25) is 53.2 Å². The van der Waals surface area contributed by atoms with Crippen LogP contribution in [-0.4, -0.2) is 188 Å². The summed E-state index contributed by atoms with van der Waals surface area (Å²) >= 11 is 0. The summed E-state index contributed by atoms with van der Waals surface area (Å²) in [5.74, 6) is -7.75. The van der Waals surface area contributed by atoms with Crippen LogP contribution in [0.25, 0.3) is 0 Å². The number of carbonyl (C=O) groups is 11. The molecular weight excluding hydrogens is 963 g/mol. The topological polar surface area (TPSA) is 453 Å². The van der Waals surface area contributed by atoms with E-state index in [1.165, 1.54) is 0 Å². The number of rotatable bonds is 44. The number of aliphatic hydroxyl groups excluding tert-OH is 4. The van der Waals surface area contributed by atoms with Crippen LogP contribution in [0, 0.1) is 11.8 Å². The second kappa shape index (κ2) is 40.7. The van der Waals surface area contributed by atoms with Gasteiger partial charge in [-0.15, -0.1) is 0 Å². The number of hydrazine groups is 1. The Morgan fingerprint density at radius 1 is 0.452 bits per heavy atom. The fraction of sp³-hybridized carbons (Fsp3) is 0.756. The monoisotopic (exact) mass is 1050 g/mol. The molecule has 0 aromatic carbocycles. The summed E-state index contributed by atoms with van der Waals surface area (Å²) in [6.07, 6.45) is 6.32. The second-order valence-corrected chi connectivity index (χ2v) is 17.2. The van der Waals surface area contributed by atoms with Gasteiger partial charge in [-0.25, -0.2) is 5.43 Å². The molecule has 28 nitrogen and oxygen atoms in total. The van der Waals surface area contributed by atoms with Crippen molar-refractivity contribution in [1.82, 2.24) is 58.7 Å². The van der Waals surface area contributed by atoms with Gasteiger partial charge >= 0.3 is 0 Å². The molecule has 19 N–H and O–H groups in total. The predicted octanol–water partition coefficient (Wildman–Crippen LogP) is -6.68. The molecule has 0 aromatic heterocycles. The SMILES string of the molecule is CC[C@@H](CCCCNC(=O)[C@H](CO)NC(=O)CNC(=O)[C@H](CO)NCC(=O)CCCC(=O)NC(=O)[C@H](CO)NC(=O)CNC(=O)[C@H](CO)NNCCCC[C@H](CC)C(=O)NCCCC[C@H](NC)C(N)=O)C(N)=O. The van der Waals surface area contributed by atoms with Crippen LogP contribution in [0.15, 0.2) is 0 Å². The Hall–Kier alpha value is -5.75. The van der Waals surface area contributed by atoms with Crippen molar-refractivity contribution >= 4 is 64.9 Å². The number of hydrogen-bond acceptors (Lipinski definition) is 19. The Morgan fingerprint density at radius 2 is 0.932 bits per heavy atom. The molecule has 28 heteroatoms. The van der Waals surface area contributed by atoms with E-state index < -0.39 is 135 Å². The van der Waals surface area contributed by atoms with Crippen molar-refractivity contribution < 1.29 is 73.2 Å². The minimum absolute atomic E-state index is 0.0523. The van der Waals surface area contributed by atoms with E-state index in [4.69, 9.17) is 11.5 Å². The normalized spacial score (nSPS) is 13.9. The molecule has 0 rings (SSSR count). The quantitative estimate of drug-likeness (QED) is 0.0199. The highest BCUT2D eigenvalue weighted by molar-refractivity contribution is 6.00. The number of primary amides is 2. The molecule has 0 unspecified atom stereocenters. The number of imide groups is 1. The highest BCUT2D eigenvalue weighted by Crippen LogP contribution is 2.13. The van der Waals surface area contributed by atoms with Gasteiger partial charge < -0.3 is 69.1 Å². The Morgan fingerprint density at radius 3 is 1.44 bits per heavy atom. The maximum atomic E-state index is 12.6. The standard InChI is InChI=1S/C45H83N13O15/c1-4-28(39(46)67)13-6-9-19-50-43(71)33(25-60)55-37(65)22-52-42(70)32(24-59)51-21-30(63)15-12-17-36(64)57-45(73)34(26-61)56-38(66)23-53-44(72)35(27-62)58-54-20-11-7-14-29(5-2)41(69)49-18-10-8-16-31(48-3)40(47)68/h28-29,31-35,48,51,54,58-62H,4-27H2,1-3H3,(H2,46,67)(H2,47,68)(H,49,69)(H,50,71)(H,52,70)(H,53,72)(H,55,65)(H,56,66)(H,57,64,73)/t28-,29-,31-,32-,33-,34-,35-/m0/s1. The van der Waals surface area contributed by atoms with Gasteiger partial charge in [0.25, 0.3) is 5.91 Å². The number of amides is 10. The number of hydrogen-bond donors (Lipinski definition) is 17. The molecule has 7 atom stereocenters. The van der Waals surface area contributed by atoms with Crippen molar-refractivity contribution in [1.29, 1.82) is 0 Å². The van der Waals surface area contributed by atoms with Crippen LogP contribution in [0.3, 0.4) is 0 Å². The van der Waals surface area contributed by atoms with Crippen molar-refractivity contribution in [3.63, 3.8) is 0 Å². The number of likely N-dealkylation sites (N-methyl/N-ethyl adjacent to an activating group) is 1. The van der Waals surface area contributed by atoms with Gasteiger partial charge in [0, 0.05) is 44.3 Å². The van der Waals surface area contributed by atoms with Gasteiger partial charge in [-0.05, 0) is 71.3 Å². The average molecular weight is 1050 g/mol. The Labute approximate surface area is 425 Å². The van der Waals surface area contributed by atoms with Gasteiger partial charge in [0.05, 0.1) is 52.1 Å². The van der Waals surface area contributed by atoms with Crippen molar-refractivity contribution in [2.45, 2.75) is 134 Å². The van der Waals surface area contributed by atoms with Crippen LogP contribution < -0.4 is 70.2 Å². The van der Waals surface area contributed by atoms with Crippen molar-refractivity contribution in [2.24, 2.45) is 23.3 Å². The Kier molecular flexibility index (Phi) is 37.5. The van der Waals surface area contributed by atoms with Gasteiger partial charge in [0.15, 0.2) is 0 Å². The lowest BCUT2D eigenvalue weighted by atomic mass is 9.98. The fourth-order valence-corrected chi connectivity index (χ4v) is 6.93. The number of nitrogens with two attached hydrogens (primary N) is 2. The van der Waals surface area contributed by atoms with Crippen LogP contribution in [-0.2, 0) is 52.7 Å². The Balaban J connectivity index is 4.51. The molecule has 0 aliphatic heterocycles. The van der Waals surface area contributed by atoms with Crippen LogP contribution >= 0.6 is 0 Å². The third kappa shape index (κ3) is 30.8. The van der Waals surface area contributed by atoms with Crippen molar-refractivity contribution in [3.8, 4) is 0 Å². The van der Waals surface area contributed by atoms with Crippen LogP contribution in [0.1, 0.15) is 104 Å². The number of unbranched alkanes of at least 4 members (excludes halogenated alkanes) is 3. The summed E-state index contributed by atoms with van der Waals surface area (Å²) < 4.78 is 0. The summed E-state index contributed by atoms with van der Waals surface area (Å²) in [5.41, 5.74) is 16.1. The van der Waals surface area contributed by atoms with E-state index in [1.807, 2.05) is 19.2 Å². The van der Waals surface area contributed by atoms with E-state index in [-0.39, 0.29) is 43.6 Å². The van der Waals surface area contributed by atoms with Gasteiger partial charge in [0.1, 0.15) is 30.0 Å². The summed E-state index contributed by atoms with van der Waals surface area (Å²) in [7, 11) is 1.66. The zero-order valence-electron chi connectivity index (χ0n) is 42.4. The number of aliphatic hydroxyl groups is 4. The second-order valence-electron chi connectivity index (χ2n) is 17.2. The van der Waals surface area contributed by atoms with Crippen molar-refractivity contribution in [2.75, 3.05) is 72.7 Å². The molecule has 418 valence electrons. The molecule has 0 radical (unpaired) electrons. The summed E-state index contributed by atoms with van der Waals surface area (Å²) in [5, 5.41) is 60.5. The molecule has 0 bridgehead atoms. The first kappa shape index (κ1) is 67.2. The summed E-state index contributed by atoms with van der Waals surface area (Å²) in [4.78, 5) is 135. The van der Waals surface area contributed by atoms with E-state index in [2.05, 4.69) is 53.4 Å². The number of Topliss-reactive ketones (excluding diaryl/α,β-unsaturated/α-hetero) is 1. The molecule has 73 heavy (non-hydrogen) atoms. The molecule has 0 heterocycles. The first-order valence-electron chi connectivity index (χ1n) is 24.8. The molecule has 0 aromatic rings. The van der Waals surface area contributed by atoms with Crippen LogP contribution in [0.5, 0.6) is 0 Å². The molecule has 0 aliphatic rings. The lowest BCUT2D eigenvalue weighted by Crippen LogP contribution is -2.55. The predicted molar refractivity (Wildman–Crippen MR) is 263 cm³/mol. The molecule has 0 fully saturated rings. The van der Waals surface area contributed by atoms with Gasteiger partial charge in [-0.1, -0.05) is 26.7 Å². The van der Waals surface area contributed by atoms with Gasteiger partial charge in [-0.3, -0.25) is 68.8 Å². The zero-order valence-corrected chi connectivity index (χ0v) is 42.4. The van der Waals surface area contributed by atoms with E-state index in [0.29, 0.717) is 77.3 Å². The first-order valence-corrected chi connectivity index (χ1v) is 24.8. The maximum absolute atomic E-state index is 12.6. The van der Waals surface area contributed by atoms with Crippen LogP contribution in [0.4, 0.5) is 0 Å². The minimum atomic E-state index is -1.59. The smallest absolute Gasteiger partial charge is 0.251 e. The number of nitrogens with one attached hydrogen (secondary N) is 11.